The van der Waals surface area contributed by atoms with Crippen LogP contribution in [0.1, 0.15) is 39.0 Å². The predicted molar refractivity (Wildman–Crippen MR) is 122 cm³/mol. The second-order valence-electron chi connectivity index (χ2n) is 7.77. The topological polar surface area (TPSA) is 310 Å². The molecule has 0 aromatic heterocycles. The van der Waals surface area contributed by atoms with Crippen molar-refractivity contribution in [2.24, 2.45) is 22.2 Å². The first-order chi connectivity index (χ1) is 16.6. The maximum atomic E-state index is 12.8. The summed E-state index contributed by atoms with van der Waals surface area (Å²) in [6.07, 6.45) is -3.14. The van der Waals surface area contributed by atoms with Gasteiger partial charge >= 0.3 is 17.9 Å². The van der Waals surface area contributed by atoms with E-state index >= 15 is 0 Å². The third kappa shape index (κ3) is 13.0. The SMILES string of the molecule is CC(O)C(NC(=O)C(CCCN=C(N)N)NC(=O)C(CC(=O)O)NC(=O)C(N)CCC(=O)O)C(=O)O. The van der Waals surface area contributed by atoms with E-state index < -0.39 is 78.7 Å². The lowest BCUT2D eigenvalue weighted by Crippen LogP contribution is -2.58. The van der Waals surface area contributed by atoms with Crippen LogP contribution in [0.3, 0.4) is 0 Å². The van der Waals surface area contributed by atoms with Gasteiger partial charge in [0.05, 0.1) is 18.6 Å². The van der Waals surface area contributed by atoms with E-state index in [9.17, 15) is 39.0 Å². The molecule has 5 atom stereocenters. The number of carbonyl (C=O) groups is 6. The number of guanidine groups is 1. The first kappa shape index (κ1) is 32.0. The van der Waals surface area contributed by atoms with Gasteiger partial charge in [0.1, 0.15) is 12.1 Å². The van der Waals surface area contributed by atoms with Crippen molar-refractivity contribution in [2.75, 3.05) is 6.54 Å². The highest BCUT2D eigenvalue weighted by atomic mass is 16.4. The summed E-state index contributed by atoms with van der Waals surface area (Å²) in [5, 5.41) is 43.0. The maximum absolute atomic E-state index is 12.8. The Morgan fingerprint density at radius 3 is 1.86 bits per heavy atom. The van der Waals surface area contributed by atoms with Crippen molar-refractivity contribution in [3.8, 4) is 0 Å². The molecule has 0 aromatic carbocycles. The zero-order valence-electron chi connectivity index (χ0n) is 19.5. The number of aliphatic carboxylic acids is 3. The standard InChI is InChI=1S/C19H33N7O10/c1-8(27)14(18(35)36)26-16(33)10(3-2-6-23-19(21)22)24-17(34)11(7-13(30)31)25-15(32)9(20)4-5-12(28)29/h8-11,14,27H,2-7,20H2,1H3,(H,24,34)(H,25,32)(H,26,33)(H,28,29)(H,30,31)(H,35,36)(H4,21,22,23). The van der Waals surface area contributed by atoms with Crippen LogP contribution in [0.2, 0.25) is 0 Å². The second kappa shape index (κ2) is 15.8. The number of amides is 3. The number of aliphatic hydroxyl groups excluding tert-OH is 1. The summed E-state index contributed by atoms with van der Waals surface area (Å²) in [6.45, 7) is 1.16. The van der Waals surface area contributed by atoms with Gasteiger partial charge in [-0.25, -0.2) is 4.79 Å². The molecule has 0 bridgehead atoms. The quantitative estimate of drug-likeness (QED) is 0.0493. The van der Waals surface area contributed by atoms with E-state index in [4.69, 9.17) is 27.4 Å². The van der Waals surface area contributed by atoms with Crippen LogP contribution in [0, 0.1) is 0 Å². The molecule has 0 saturated carbocycles. The Bertz CT molecular complexity index is 844. The normalized spacial score (nSPS) is 14.8. The third-order valence-corrected chi connectivity index (χ3v) is 4.64. The molecule has 0 saturated heterocycles. The molecule has 0 spiro atoms. The summed E-state index contributed by atoms with van der Waals surface area (Å²) in [5.41, 5.74) is 16.0. The third-order valence-electron chi connectivity index (χ3n) is 4.64. The largest absolute Gasteiger partial charge is 0.481 e. The Labute approximate surface area is 205 Å². The van der Waals surface area contributed by atoms with E-state index in [2.05, 4.69) is 20.9 Å². The smallest absolute Gasteiger partial charge is 0.328 e. The minimum Gasteiger partial charge on any atom is -0.481 e. The van der Waals surface area contributed by atoms with Gasteiger partial charge in [-0.2, -0.15) is 0 Å². The van der Waals surface area contributed by atoms with Crippen molar-refractivity contribution in [2.45, 2.75) is 69.3 Å². The fraction of sp³-hybridized carbons (Fsp3) is 0.632. The Morgan fingerprint density at radius 2 is 1.39 bits per heavy atom. The molecule has 0 heterocycles. The Balaban J connectivity index is 5.62. The Hall–Kier alpha value is -3.99. The Morgan fingerprint density at radius 1 is 0.833 bits per heavy atom. The summed E-state index contributed by atoms with van der Waals surface area (Å²) in [4.78, 5) is 74.6. The highest BCUT2D eigenvalue weighted by Crippen LogP contribution is 2.05. The molecule has 0 fully saturated rings. The number of nitrogens with two attached hydrogens (primary N) is 3. The van der Waals surface area contributed by atoms with Crippen molar-refractivity contribution in [3.63, 3.8) is 0 Å². The van der Waals surface area contributed by atoms with Gasteiger partial charge in [-0.3, -0.25) is 29.0 Å². The molecule has 17 heteroatoms. The number of rotatable bonds is 17. The number of aliphatic imine (C=N–C) groups is 1. The van der Waals surface area contributed by atoms with E-state index in [0.717, 1.165) is 6.92 Å². The fourth-order valence-electron chi connectivity index (χ4n) is 2.76. The average molecular weight is 520 g/mol. The highest BCUT2D eigenvalue weighted by Gasteiger charge is 2.32. The van der Waals surface area contributed by atoms with Gasteiger partial charge in [0.2, 0.25) is 17.7 Å². The van der Waals surface area contributed by atoms with Gasteiger partial charge in [0.25, 0.3) is 0 Å². The molecule has 5 unspecified atom stereocenters. The minimum atomic E-state index is -1.71. The van der Waals surface area contributed by atoms with Crippen LogP contribution >= 0.6 is 0 Å². The van der Waals surface area contributed by atoms with Crippen LogP contribution in [-0.2, 0) is 28.8 Å². The van der Waals surface area contributed by atoms with Crippen LogP contribution < -0.4 is 33.2 Å². The molecule has 17 nitrogen and oxygen atoms in total. The number of aliphatic hydroxyl groups is 1. The Kier molecular flexibility index (Phi) is 14.1. The molecule has 0 aliphatic heterocycles. The van der Waals surface area contributed by atoms with E-state index in [0.29, 0.717) is 0 Å². The van der Waals surface area contributed by atoms with Crippen molar-refractivity contribution in [3.05, 3.63) is 0 Å². The van der Waals surface area contributed by atoms with Crippen LogP contribution in [0.4, 0.5) is 0 Å². The van der Waals surface area contributed by atoms with Gasteiger partial charge in [-0.1, -0.05) is 0 Å². The molecule has 0 aromatic rings. The van der Waals surface area contributed by atoms with Crippen LogP contribution in [0.15, 0.2) is 4.99 Å². The van der Waals surface area contributed by atoms with E-state index in [1.807, 2.05) is 0 Å². The lowest BCUT2D eigenvalue weighted by molar-refractivity contribution is -0.145. The molecule has 36 heavy (non-hydrogen) atoms. The van der Waals surface area contributed by atoms with Crippen LogP contribution in [0.5, 0.6) is 0 Å². The molecular formula is C19H33N7O10. The summed E-state index contributed by atoms with van der Waals surface area (Å²) in [5.74, 6) is -7.60. The zero-order chi connectivity index (χ0) is 28.0. The van der Waals surface area contributed by atoms with Gasteiger partial charge in [0.15, 0.2) is 12.0 Å². The van der Waals surface area contributed by atoms with Gasteiger partial charge in [0, 0.05) is 13.0 Å². The van der Waals surface area contributed by atoms with Crippen molar-refractivity contribution in [1.29, 1.82) is 0 Å². The number of hydrogen-bond acceptors (Lipinski definition) is 9. The summed E-state index contributed by atoms with van der Waals surface area (Å²) >= 11 is 0. The fourth-order valence-corrected chi connectivity index (χ4v) is 2.76. The number of nitrogens with one attached hydrogen (secondary N) is 3. The minimum absolute atomic E-state index is 0.0362. The predicted octanol–water partition coefficient (Wildman–Crippen LogP) is -4.37. The number of carboxylic acids is 3. The average Bonchev–Trinajstić information content (AvgIpc) is 2.75. The monoisotopic (exact) mass is 519 g/mol. The van der Waals surface area contributed by atoms with E-state index in [-0.39, 0.29) is 31.8 Å². The zero-order valence-corrected chi connectivity index (χ0v) is 19.5. The molecule has 13 N–H and O–H groups in total. The van der Waals surface area contributed by atoms with Crippen LogP contribution in [-0.4, -0.2) is 98.8 Å². The molecule has 3 amide bonds. The second-order valence-corrected chi connectivity index (χ2v) is 7.77. The molecule has 0 radical (unpaired) electrons. The van der Waals surface area contributed by atoms with Gasteiger partial charge in [-0.05, 0) is 26.2 Å². The molecule has 0 aliphatic rings. The lowest BCUT2D eigenvalue weighted by Gasteiger charge is -2.25. The summed E-state index contributed by atoms with van der Waals surface area (Å²) < 4.78 is 0. The number of hydrogen-bond donors (Lipinski definition) is 10. The molecular weight excluding hydrogens is 486 g/mol. The molecule has 0 rings (SSSR count). The van der Waals surface area contributed by atoms with E-state index in [1.54, 1.807) is 0 Å². The summed E-state index contributed by atoms with van der Waals surface area (Å²) in [7, 11) is 0. The van der Waals surface area contributed by atoms with Crippen molar-refractivity contribution >= 4 is 41.6 Å². The molecule has 204 valence electrons. The first-order valence-electron chi connectivity index (χ1n) is 10.7. The van der Waals surface area contributed by atoms with Crippen molar-refractivity contribution < 1.29 is 49.2 Å². The van der Waals surface area contributed by atoms with Crippen LogP contribution in [0.25, 0.3) is 0 Å². The number of carbonyl (C=O) groups excluding carboxylic acids is 3. The maximum Gasteiger partial charge on any atom is 0.328 e. The number of carboxylic acid groups (broad SMARTS) is 3. The highest BCUT2D eigenvalue weighted by molar-refractivity contribution is 5.95. The van der Waals surface area contributed by atoms with E-state index in [1.165, 1.54) is 0 Å². The van der Waals surface area contributed by atoms with Gasteiger partial charge < -0.3 is 53.6 Å². The van der Waals surface area contributed by atoms with Crippen molar-refractivity contribution in [1.82, 2.24) is 16.0 Å². The summed E-state index contributed by atoms with van der Waals surface area (Å²) in [6, 6.07) is -6.20. The molecule has 0 aliphatic carbocycles. The first-order valence-corrected chi connectivity index (χ1v) is 10.7. The number of nitrogens with zero attached hydrogens (tertiary/aromatic N) is 1. The van der Waals surface area contributed by atoms with Gasteiger partial charge in [-0.15, -0.1) is 0 Å². The lowest BCUT2D eigenvalue weighted by atomic mass is 10.1.